The molecule has 0 radical (unpaired) electrons. The van der Waals surface area contributed by atoms with Crippen LogP contribution in [0.4, 0.5) is 0 Å². The van der Waals surface area contributed by atoms with Gasteiger partial charge >= 0.3 is 11.8 Å². The predicted molar refractivity (Wildman–Crippen MR) is 54.3 cm³/mol. The van der Waals surface area contributed by atoms with Crippen molar-refractivity contribution < 1.29 is 19.5 Å². The van der Waals surface area contributed by atoms with E-state index in [1.807, 2.05) is 0 Å². The van der Waals surface area contributed by atoms with Crippen LogP contribution in [0.2, 0.25) is 0 Å². The first-order chi connectivity index (χ1) is 7.69. The summed E-state index contributed by atoms with van der Waals surface area (Å²) in [7, 11) is 0. The van der Waals surface area contributed by atoms with Gasteiger partial charge in [-0.3, -0.25) is 14.4 Å². The van der Waals surface area contributed by atoms with Gasteiger partial charge in [0.1, 0.15) is 0 Å². The molecule has 7 nitrogen and oxygen atoms in total. The third-order valence-electron chi connectivity index (χ3n) is 2.34. The lowest BCUT2D eigenvalue weighted by molar-refractivity contribution is -0.147. The summed E-state index contributed by atoms with van der Waals surface area (Å²) in [5.74, 6) is -1.33. The van der Waals surface area contributed by atoms with Gasteiger partial charge in [-0.25, -0.2) is 0 Å². The molecule has 0 unspecified atom stereocenters. The summed E-state index contributed by atoms with van der Waals surface area (Å²) >= 11 is 0. The largest absolute Gasteiger partial charge is 0.395 e. The van der Waals surface area contributed by atoms with Crippen molar-refractivity contribution in [3.05, 3.63) is 0 Å². The van der Waals surface area contributed by atoms with Gasteiger partial charge in [-0.1, -0.05) is 0 Å². The first-order valence-electron chi connectivity index (χ1n) is 5.06. The van der Waals surface area contributed by atoms with E-state index in [0.717, 1.165) is 6.41 Å². The van der Waals surface area contributed by atoms with E-state index in [1.165, 1.54) is 4.90 Å². The smallest absolute Gasteiger partial charge is 0.312 e. The Morgan fingerprint density at radius 2 is 1.88 bits per heavy atom. The molecule has 0 aromatic heterocycles. The summed E-state index contributed by atoms with van der Waals surface area (Å²) in [6.45, 7) is 1.50. The molecule has 0 aliphatic carbocycles. The second-order valence-electron chi connectivity index (χ2n) is 3.41. The van der Waals surface area contributed by atoms with Crippen LogP contribution in [0.3, 0.4) is 0 Å². The molecule has 1 rings (SSSR count). The Morgan fingerprint density at radius 1 is 1.25 bits per heavy atom. The summed E-state index contributed by atoms with van der Waals surface area (Å²) in [5.41, 5.74) is 0. The number of aliphatic hydroxyl groups is 1. The van der Waals surface area contributed by atoms with Crippen molar-refractivity contribution >= 4 is 18.2 Å². The van der Waals surface area contributed by atoms with Gasteiger partial charge in [-0.05, 0) is 0 Å². The Kier molecular flexibility index (Phi) is 4.71. The Labute approximate surface area is 93.0 Å². The summed E-state index contributed by atoms with van der Waals surface area (Å²) in [4.78, 5) is 36.2. The van der Waals surface area contributed by atoms with Crippen molar-refractivity contribution in [3.8, 4) is 0 Å². The predicted octanol–water partition coefficient (Wildman–Crippen LogP) is -2.60. The average Bonchev–Trinajstić information content (AvgIpc) is 2.35. The number of aliphatic hydroxyl groups excluding tert-OH is 1. The van der Waals surface area contributed by atoms with Crippen LogP contribution in [-0.2, 0) is 14.4 Å². The van der Waals surface area contributed by atoms with E-state index in [1.54, 1.807) is 4.90 Å². The number of carbonyl (C=O) groups excluding carboxylic acids is 3. The standard InChI is InChI=1S/C9H15N3O4/c13-6-1-10-8(15)9(16)12-4-2-11(7-14)3-5-12/h7,13H,1-6H2,(H,10,15). The highest BCUT2D eigenvalue weighted by Gasteiger charge is 2.24. The minimum absolute atomic E-state index is 0.0683. The summed E-state index contributed by atoms with van der Waals surface area (Å²) in [6, 6.07) is 0. The minimum atomic E-state index is -0.714. The Balaban J connectivity index is 2.38. The van der Waals surface area contributed by atoms with Crippen LogP contribution in [0.5, 0.6) is 0 Å². The molecular formula is C9H15N3O4. The van der Waals surface area contributed by atoms with Crippen molar-refractivity contribution in [1.29, 1.82) is 0 Å². The molecule has 1 heterocycles. The lowest BCUT2D eigenvalue weighted by atomic mass is 10.3. The minimum Gasteiger partial charge on any atom is -0.395 e. The lowest BCUT2D eigenvalue weighted by Gasteiger charge is -2.31. The molecule has 0 atom stereocenters. The Morgan fingerprint density at radius 3 is 2.38 bits per heavy atom. The third kappa shape index (κ3) is 3.20. The van der Waals surface area contributed by atoms with Gasteiger partial charge in [0.05, 0.1) is 6.61 Å². The monoisotopic (exact) mass is 229 g/mol. The van der Waals surface area contributed by atoms with Crippen molar-refractivity contribution in [2.45, 2.75) is 0 Å². The van der Waals surface area contributed by atoms with E-state index in [2.05, 4.69) is 5.32 Å². The zero-order chi connectivity index (χ0) is 12.0. The molecule has 3 amide bonds. The Hall–Kier alpha value is -1.63. The van der Waals surface area contributed by atoms with Gasteiger partial charge in [0.15, 0.2) is 0 Å². The van der Waals surface area contributed by atoms with Crippen LogP contribution < -0.4 is 5.32 Å². The molecule has 16 heavy (non-hydrogen) atoms. The number of piperazine rings is 1. The van der Waals surface area contributed by atoms with Gasteiger partial charge in [0.25, 0.3) is 0 Å². The van der Waals surface area contributed by atoms with Gasteiger partial charge < -0.3 is 20.2 Å². The summed E-state index contributed by atoms with van der Waals surface area (Å²) in [5, 5.41) is 10.8. The summed E-state index contributed by atoms with van der Waals surface area (Å²) in [6.07, 6.45) is 0.730. The first kappa shape index (κ1) is 12.4. The number of amides is 3. The number of rotatable bonds is 3. The van der Waals surface area contributed by atoms with Gasteiger partial charge in [0, 0.05) is 32.7 Å². The normalized spacial score (nSPS) is 15.8. The number of hydrogen-bond acceptors (Lipinski definition) is 4. The van der Waals surface area contributed by atoms with Crippen LogP contribution in [-0.4, -0.2) is 72.5 Å². The highest BCUT2D eigenvalue weighted by atomic mass is 16.3. The van der Waals surface area contributed by atoms with Crippen LogP contribution in [0, 0.1) is 0 Å². The topological polar surface area (TPSA) is 90.0 Å². The maximum absolute atomic E-state index is 11.5. The highest BCUT2D eigenvalue weighted by Crippen LogP contribution is 1.99. The third-order valence-corrected chi connectivity index (χ3v) is 2.34. The van der Waals surface area contributed by atoms with Gasteiger partial charge in [0.2, 0.25) is 6.41 Å². The van der Waals surface area contributed by atoms with Crippen LogP contribution in [0.1, 0.15) is 0 Å². The highest BCUT2D eigenvalue weighted by molar-refractivity contribution is 6.35. The van der Waals surface area contributed by atoms with Gasteiger partial charge in [-0.2, -0.15) is 0 Å². The van der Waals surface area contributed by atoms with E-state index in [0.29, 0.717) is 26.2 Å². The SMILES string of the molecule is O=CN1CCN(C(=O)C(=O)NCCO)CC1. The van der Waals surface area contributed by atoms with Crippen molar-refractivity contribution in [1.82, 2.24) is 15.1 Å². The molecule has 0 bridgehead atoms. The Bertz CT molecular complexity index is 274. The van der Waals surface area contributed by atoms with E-state index < -0.39 is 11.8 Å². The van der Waals surface area contributed by atoms with E-state index >= 15 is 0 Å². The number of carbonyl (C=O) groups is 3. The molecule has 1 aliphatic heterocycles. The molecule has 0 saturated carbocycles. The van der Waals surface area contributed by atoms with Gasteiger partial charge in [-0.15, -0.1) is 0 Å². The average molecular weight is 229 g/mol. The molecule has 7 heteroatoms. The van der Waals surface area contributed by atoms with Crippen LogP contribution in [0.25, 0.3) is 0 Å². The van der Waals surface area contributed by atoms with Crippen molar-refractivity contribution in [2.75, 3.05) is 39.3 Å². The molecule has 0 aromatic carbocycles. The molecule has 1 saturated heterocycles. The maximum Gasteiger partial charge on any atom is 0.312 e. The molecular weight excluding hydrogens is 214 g/mol. The van der Waals surface area contributed by atoms with E-state index in [4.69, 9.17) is 5.11 Å². The number of nitrogens with zero attached hydrogens (tertiary/aromatic N) is 2. The number of nitrogens with one attached hydrogen (secondary N) is 1. The fourth-order valence-corrected chi connectivity index (χ4v) is 1.42. The fraction of sp³-hybridized carbons (Fsp3) is 0.667. The zero-order valence-corrected chi connectivity index (χ0v) is 8.89. The van der Waals surface area contributed by atoms with E-state index in [-0.39, 0.29) is 13.2 Å². The zero-order valence-electron chi connectivity index (χ0n) is 8.89. The molecule has 1 fully saturated rings. The maximum atomic E-state index is 11.5. The molecule has 0 spiro atoms. The molecule has 0 aromatic rings. The quantitative estimate of drug-likeness (QED) is 0.410. The lowest BCUT2D eigenvalue weighted by Crippen LogP contribution is -2.52. The first-order valence-corrected chi connectivity index (χ1v) is 5.06. The van der Waals surface area contributed by atoms with Crippen molar-refractivity contribution in [3.63, 3.8) is 0 Å². The molecule has 90 valence electrons. The van der Waals surface area contributed by atoms with Crippen LogP contribution >= 0.6 is 0 Å². The van der Waals surface area contributed by atoms with Crippen LogP contribution in [0.15, 0.2) is 0 Å². The number of hydrogen-bond donors (Lipinski definition) is 2. The van der Waals surface area contributed by atoms with Crippen molar-refractivity contribution in [2.24, 2.45) is 0 Å². The second-order valence-corrected chi connectivity index (χ2v) is 3.41. The fourth-order valence-electron chi connectivity index (χ4n) is 1.42. The summed E-state index contributed by atoms with van der Waals surface area (Å²) < 4.78 is 0. The second kappa shape index (κ2) is 6.06. The molecule has 2 N–H and O–H groups in total. The van der Waals surface area contributed by atoms with E-state index in [9.17, 15) is 14.4 Å². The molecule has 1 aliphatic rings.